The van der Waals surface area contributed by atoms with Crippen LogP contribution < -0.4 is 10.6 Å². The number of carbonyl (C=O) groups excluding carboxylic acids is 2. The summed E-state index contributed by atoms with van der Waals surface area (Å²) in [5.41, 5.74) is 0.775. The number of carbonyl (C=O) groups is 2. The molecule has 1 aromatic carbocycles. The molecular formula is C20H30N2O4. The van der Waals surface area contributed by atoms with Gasteiger partial charge in [-0.1, -0.05) is 32.1 Å². The molecule has 0 radical (unpaired) electrons. The molecule has 144 valence electrons. The zero-order valence-corrected chi connectivity index (χ0v) is 16.5. The zero-order valence-electron chi connectivity index (χ0n) is 16.5. The Morgan fingerprint density at radius 2 is 1.77 bits per heavy atom. The number of amides is 1. The quantitative estimate of drug-likeness (QED) is 0.548. The highest BCUT2D eigenvalue weighted by atomic mass is 16.6. The van der Waals surface area contributed by atoms with Gasteiger partial charge in [-0.05, 0) is 45.7 Å². The van der Waals surface area contributed by atoms with E-state index >= 15 is 0 Å². The predicted octanol–water partition coefficient (Wildman–Crippen LogP) is 4.59. The fourth-order valence-electron chi connectivity index (χ4n) is 2.12. The van der Waals surface area contributed by atoms with Gasteiger partial charge in [-0.2, -0.15) is 0 Å². The van der Waals surface area contributed by atoms with Crippen molar-refractivity contribution in [1.82, 2.24) is 0 Å². The summed E-state index contributed by atoms with van der Waals surface area (Å²) >= 11 is 0. The van der Waals surface area contributed by atoms with Crippen LogP contribution in [0.1, 0.15) is 41.5 Å². The maximum Gasteiger partial charge on any atom is 0.412 e. The Balaban J connectivity index is 2.90. The lowest BCUT2D eigenvalue weighted by Gasteiger charge is -2.23. The maximum atomic E-state index is 12.1. The number of nitrogens with one attached hydrogen (secondary N) is 2. The van der Waals surface area contributed by atoms with Crippen LogP contribution >= 0.6 is 0 Å². The third-order valence-corrected chi connectivity index (χ3v) is 3.33. The van der Waals surface area contributed by atoms with Gasteiger partial charge in [0.15, 0.2) is 0 Å². The van der Waals surface area contributed by atoms with Crippen molar-refractivity contribution in [3.8, 4) is 0 Å². The lowest BCUT2D eigenvalue weighted by Crippen LogP contribution is -2.28. The van der Waals surface area contributed by atoms with Crippen LogP contribution in [0.15, 0.2) is 36.4 Å². The van der Waals surface area contributed by atoms with Gasteiger partial charge in [0.05, 0.1) is 18.0 Å². The second-order valence-corrected chi connectivity index (χ2v) is 7.20. The number of rotatable bonds is 7. The molecule has 1 rings (SSSR count). The van der Waals surface area contributed by atoms with Gasteiger partial charge in [0.1, 0.15) is 5.60 Å². The molecule has 0 aliphatic rings. The van der Waals surface area contributed by atoms with Gasteiger partial charge in [0.2, 0.25) is 0 Å². The van der Waals surface area contributed by atoms with Crippen molar-refractivity contribution >= 4 is 23.4 Å². The Bertz CT molecular complexity index is 633. The Morgan fingerprint density at radius 3 is 2.31 bits per heavy atom. The molecule has 0 unspecified atom stereocenters. The molecule has 0 aliphatic heterocycles. The molecule has 0 fully saturated rings. The van der Waals surface area contributed by atoms with E-state index in [1.54, 1.807) is 19.1 Å². The summed E-state index contributed by atoms with van der Waals surface area (Å²) in [4.78, 5) is 23.6. The zero-order chi connectivity index (χ0) is 19.7. The Labute approximate surface area is 156 Å². The lowest BCUT2D eigenvalue weighted by molar-refractivity contribution is -0.137. The van der Waals surface area contributed by atoms with E-state index < -0.39 is 11.7 Å². The highest BCUT2D eigenvalue weighted by Crippen LogP contribution is 2.24. The van der Waals surface area contributed by atoms with E-state index in [0.29, 0.717) is 12.3 Å². The molecule has 1 aromatic rings. The van der Waals surface area contributed by atoms with Gasteiger partial charge in [-0.3, -0.25) is 5.32 Å². The second-order valence-electron chi connectivity index (χ2n) is 7.20. The van der Waals surface area contributed by atoms with Crippen molar-refractivity contribution in [3.05, 3.63) is 36.4 Å². The van der Waals surface area contributed by atoms with Crippen molar-refractivity contribution < 1.29 is 19.1 Å². The molecule has 0 spiro atoms. The van der Waals surface area contributed by atoms with Gasteiger partial charge in [-0.25, -0.2) is 9.59 Å². The number of esters is 1. The molecule has 1 amide bonds. The van der Waals surface area contributed by atoms with Crippen molar-refractivity contribution in [2.75, 3.05) is 17.2 Å². The SMILES string of the molecule is CCOC(=O)/C=C/[C@@H](Nc1ccccc1NC(=O)OC(C)(C)C)C(C)C. The molecule has 0 bridgehead atoms. The fraction of sp³-hybridized carbons (Fsp3) is 0.500. The molecule has 0 saturated heterocycles. The topological polar surface area (TPSA) is 76.7 Å². The molecule has 26 heavy (non-hydrogen) atoms. The van der Waals surface area contributed by atoms with Crippen molar-refractivity contribution in [2.45, 2.75) is 53.2 Å². The molecule has 1 atom stereocenters. The summed E-state index contributed by atoms with van der Waals surface area (Å²) in [5.74, 6) is -0.157. The molecule has 0 heterocycles. The number of para-hydroxylation sites is 2. The molecular weight excluding hydrogens is 332 g/mol. The molecule has 0 saturated carbocycles. The van der Waals surface area contributed by atoms with E-state index in [0.717, 1.165) is 5.69 Å². The summed E-state index contributed by atoms with van der Waals surface area (Å²) in [6, 6.07) is 7.24. The highest BCUT2D eigenvalue weighted by molar-refractivity contribution is 5.89. The van der Waals surface area contributed by atoms with Crippen LogP contribution in [0.5, 0.6) is 0 Å². The third kappa shape index (κ3) is 8.05. The minimum absolute atomic E-state index is 0.110. The average Bonchev–Trinajstić information content (AvgIpc) is 2.51. The van der Waals surface area contributed by atoms with Gasteiger partial charge in [0, 0.05) is 12.1 Å². The van der Waals surface area contributed by atoms with Crippen molar-refractivity contribution in [3.63, 3.8) is 0 Å². The standard InChI is InChI=1S/C20H30N2O4/c1-7-25-18(23)13-12-15(14(2)3)21-16-10-8-9-11-17(16)22-19(24)26-20(4,5)6/h8-15,21H,7H2,1-6H3,(H,22,24)/b13-12+/t15-/m1/s1. The van der Waals surface area contributed by atoms with Crippen LogP contribution in [0.4, 0.5) is 16.2 Å². The smallest absolute Gasteiger partial charge is 0.412 e. The van der Waals surface area contributed by atoms with Crippen LogP contribution in [-0.2, 0) is 14.3 Å². The number of ether oxygens (including phenoxy) is 2. The van der Waals surface area contributed by atoms with Crippen molar-refractivity contribution in [2.24, 2.45) is 5.92 Å². The van der Waals surface area contributed by atoms with E-state index in [2.05, 4.69) is 10.6 Å². The molecule has 2 N–H and O–H groups in total. The first-order valence-corrected chi connectivity index (χ1v) is 8.83. The predicted molar refractivity (Wildman–Crippen MR) is 104 cm³/mol. The van der Waals surface area contributed by atoms with E-state index in [4.69, 9.17) is 9.47 Å². The first-order valence-electron chi connectivity index (χ1n) is 8.83. The first kappa shape index (κ1) is 21.5. The van der Waals surface area contributed by atoms with E-state index in [1.807, 2.05) is 52.8 Å². The summed E-state index contributed by atoms with van der Waals surface area (Å²) in [7, 11) is 0. The number of benzene rings is 1. The summed E-state index contributed by atoms with van der Waals surface area (Å²) in [6.07, 6.45) is 2.67. The monoisotopic (exact) mass is 362 g/mol. The maximum absolute atomic E-state index is 12.1. The van der Waals surface area contributed by atoms with E-state index in [1.165, 1.54) is 6.08 Å². The van der Waals surface area contributed by atoms with E-state index in [9.17, 15) is 9.59 Å². The molecule has 0 aliphatic carbocycles. The highest BCUT2D eigenvalue weighted by Gasteiger charge is 2.18. The van der Waals surface area contributed by atoms with Gasteiger partial charge in [0.25, 0.3) is 0 Å². The lowest BCUT2D eigenvalue weighted by atomic mass is 10.0. The van der Waals surface area contributed by atoms with Crippen molar-refractivity contribution in [1.29, 1.82) is 0 Å². The Morgan fingerprint density at radius 1 is 1.15 bits per heavy atom. The summed E-state index contributed by atoms with van der Waals surface area (Å²) in [6.45, 7) is 11.6. The van der Waals surface area contributed by atoms with Crippen LogP contribution in [0.2, 0.25) is 0 Å². The van der Waals surface area contributed by atoms with E-state index in [-0.39, 0.29) is 17.9 Å². The number of hydrogen-bond acceptors (Lipinski definition) is 5. The molecule has 6 nitrogen and oxygen atoms in total. The van der Waals surface area contributed by atoms with Crippen LogP contribution in [-0.4, -0.2) is 30.3 Å². The molecule has 0 aromatic heterocycles. The van der Waals surface area contributed by atoms with Gasteiger partial charge in [-0.15, -0.1) is 0 Å². The van der Waals surface area contributed by atoms with Crippen LogP contribution in [0.25, 0.3) is 0 Å². The second kappa shape index (κ2) is 9.85. The Hall–Kier alpha value is -2.50. The summed E-state index contributed by atoms with van der Waals surface area (Å²) < 4.78 is 10.2. The first-order chi connectivity index (χ1) is 12.1. The van der Waals surface area contributed by atoms with Crippen LogP contribution in [0.3, 0.4) is 0 Å². The Kier molecular flexibility index (Phi) is 8.16. The van der Waals surface area contributed by atoms with Gasteiger partial charge < -0.3 is 14.8 Å². The number of hydrogen-bond donors (Lipinski definition) is 2. The average molecular weight is 362 g/mol. The fourth-order valence-corrected chi connectivity index (χ4v) is 2.12. The van der Waals surface area contributed by atoms with Gasteiger partial charge >= 0.3 is 12.1 Å². The van der Waals surface area contributed by atoms with Crippen LogP contribution in [0, 0.1) is 5.92 Å². The number of anilines is 2. The summed E-state index contributed by atoms with van der Waals surface area (Å²) in [5, 5.41) is 6.11. The molecule has 6 heteroatoms. The largest absolute Gasteiger partial charge is 0.463 e. The minimum atomic E-state index is -0.574. The minimum Gasteiger partial charge on any atom is -0.463 e. The third-order valence-electron chi connectivity index (χ3n) is 3.33. The normalized spacial score (nSPS) is 12.7.